The zero-order valence-corrected chi connectivity index (χ0v) is 12.4. The van der Waals surface area contributed by atoms with E-state index in [-0.39, 0.29) is 10.9 Å². The quantitative estimate of drug-likeness (QED) is 0.808. The molecule has 2 aliphatic rings. The fourth-order valence-electron chi connectivity index (χ4n) is 2.79. The molecule has 0 aliphatic carbocycles. The molecule has 0 unspecified atom stereocenters. The number of nitrogens with zero attached hydrogens (tertiary/aromatic N) is 3. The fraction of sp³-hybridized carbons (Fsp3) is 0.545. The van der Waals surface area contributed by atoms with Crippen molar-refractivity contribution in [1.82, 2.24) is 14.2 Å². The third kappa shape index (κ3) is 1.89. The van der Waals surface area contributed by atoms with Crippen molar-refractivity contribution in [3.63, 3.8) is 0 Å². The third-order valence-corrected chi connectivity index (χ3v) is 6.07. The Hall–Kier alpha value is -0.500. The topological polar surface area (TPSA) is 53.5 Å². The summed E-state index contributed by atoms with van der Waals surface area (Å²) < 4.78 is 27.4. The largest absolute Gasteiger partial charge is 0.300 e. The molecule has 7 heteroatoms. The smallest absolute Gasteiger partial charge is 0.244 e. The summed E-state index contributed by atoms with van der Waals surface area (Å²) in [5.74, 6) is 0. The van der Waals surface area contributed by atoms with E-state index in [1.54, 1.807) is 16.6 Å². The highest BCUT2D eigenvalue weighted by atomic mass is 79.9. The van der Waals surface area contributed by atoms with Crippen molar-refractivity contribution in [1.29, 1.82) is 0 Å². The normalized spacial score (nSPS) is 29.0. The number of hydrogen-bond donors (Lipinski definition) is 0. The van der Waals surface area contributed by atoms with Crippen LogP contribution in [0, 0.1) is 0 Å². The number of fused-ring (bicyclic) bond motifs is 2. The van der Waals surface area contributed by atoms with Crippen LogP contribution in [0.5, 0.6) is 0 Å². The first-order valence-electron chi connectivity index (χ1n) is 5.81. The summed E-state index contributed by atoms with van der Waals surface area (Å²) in [6.45, 7) is 1.42. The molecular weight excluding hydrogens is 318 g/mol. The van der Waals surface area contributed by atoms with Gasteiger partial charge in [0.1, 0.15) is 4.90 Å². The van der Waals surface area contributed by atoms with Gasteiger partial charge in [-0.2, -0.15) is 4.31 Å². The summed E-state index contributed by atoms with van der Waals surface area (Å²) in [7, 11) is -1.35. The van der Waals surface area contributed by atoms with Gasteiger partial charge in [0.25, 0.3) is 0 Å². The minimum absolute atomic E-state index is 0.115. The molecule has 0 N–H and O–H groups in total. The molecule has 0 spiro atoms. The highest BCUT2D eigenvalue weighted by Crippen LogP contribution is 2.34. The molecule has 18 heavy (non-hydrogen) atoms. The van der Waals surface area contributed by atoms with Gasteiger partial charge in [0.2, 0.25) is 10.0 Å². The summed E-state index contributed by atoms with van der Waals surface area (Å²) >= 11 is 3.26. The maximum absolute atomic E-state index is 12.5. The zero-order valence-electron chi connectivity index (χ0n) is 9.95. The Morgan fingerprint density at radius 1 is 1.33 bits per heavy atom. The number of sulfonamides is 1. The Morgan fingerprint density at radius 2 is 2.11 bits per heavy atom. The second-order valence-corrected chi connectivity index (χ2v) is 7.70. The SMILES string of the molecule is CN1C[C@@H]2C[C@H]1CN2S(=O)(=O)c1cncc(Br)c1. The second kappa shape index (κ2) is 4.26. The molecule has 1 aromatic heterocycles. The number of likely N-dealkylation sites (N-methyl/N-ethyl adjacent to an activating group) is 1. The second-order valence-electron chi connectivity index (χ2n) is 4.90. The van der Waals surface area contributed by atoms with Crippen LogP contribution in [0.3, 0.4) is 0 Å². The van der Waals surface area contributed by atoms with Crippen molar-refractivity contribution >= 4 is 26.0 Å². The molecule has 1 aromatic rings. The molecule has 2 fully saturated rings. The molecule has 98 valence electrons. The highest BCUT2D eigenvalue weighted by molar-refractivity contribution is 9.10. The van der Waals surface area contributed by atoms with Crippen LogP contribution in [0.4, 0.5) is 0 Å². The van der Waals surface area contributed by atoms with Gasteiger partial charge in [0.15, 0.2) is 0 Å². The van der Waals surface area contributed by atoms with E-state index in [4.69, 9.17) is 0 Å². The Bertz CT molecular complexity index is 575. The Balaban J connectivity index is 1.93. The molecule has 0 amide bonds. The fourth-order valence-corrected chi connectivity index (χ4v) is 4.96. The Labute approximate surface area is 115 Å². The van der Waals surface area contributed by atoms with Crippen LogP contribution in [0.2, 0.25) is 0 Å². The van der Waals surface area contributed by atoms with E-state index in [0.29, 0.717) is 17.1 Å². The van der Waals surface area contributed by atoms with Gasteiger partial charge in [-0.25, -0.2) is 8.42 Å². The Morgan fingerprint density at radius 3 is 2.67 bits per heavy atom. The summed E-state index contributed by atoms with van der Waals surface area (Å²) in [4.78, 5) is 6.44. The summed E-state index contributed by atoms with van der Waals surface area (Å²) in [5, 5.41) is 0. The minimum atomic E-state index is -3.40. The van der Waals surface area contributed by atoms with Crippen molar-refractivity contribution in [2.24, 2.45) is 0 Å². The lowest BCUT2D eigenvalue weighted by Crippen LogP contribution is -2.47. The number of likely N-dealkylation sites (tertiary alicyclic amines) is 1. The molecule has 5 nitrogen and oxygen atoms in total. The van der Waals surface area contributed by atoms with Crippen LogP contribution < -0.4 is 0 Å². The average molecular weight is 332 g/mol. The molecule has 2 atom stereocenters. The van der Waals surface area contributed by atoms with Crippen molar-refractivity contribution in [3.8, 4) is 0 Å². The maximum Gasteiger partial charge on any atom is 0.244 e. The van der Waals surface area contributed by atoms with Gasteiger partial charge < -0.3 is 4.90 Å². The summed E-state index contributed by atoms with van der Waals surface area (Å²) in [5.41, 5.74) is 0. The molecule has 3 heterocycles. The van der Waals surface area contributed by atoms with Gasteiger partial charge in [-0.05, 0) is 35.5 Å². The lowest BCUT2D eigenvalue weighted by molar-refractivity contribution is 0.216. The molecule has 0 radical (unpaired) electrons. The number of rotatable bonds is 2. The van der Waals surface area contributed by atoms with Gasteiger partial charge in [-0.15, -0.1) is 0 Å². The van der Waals surface area contributed by atoms with E-state index in [0.717, 1.165) is 13.0 Å². The van der Waals surface area contributed by atoms with Gasteiger partial charge in [0.05, 0.1) is 0 Å². The lowest BCUT2D eigenvalue weighted by atomic mass is 10.2. The first-order chi connectivity index (χ1) is 8.48. The predicted molar refractivity (Wildman–Crippen MR) is 70.7 cm³/mol. The van der Waals surface area contributed by atoms with Crippen LogP contribution in [-0.2, 0) is 10.0 Å². The van der Waals surface area contributed by atoms with Gasteiger partial charge in [0, 0.05) is 42.0 Å². The van der Waals surface area contributed by atoms with Gasteiger partial charge >= 0.3 is 0 Å². The molecule has 0 saturated carbocycles. The molecule has 2 bridgehead atoms. The van der Waals surface area contributed by atoms with Crippen LogP contribution in [0.15, 0.2) is 27.8 Å². The number of hydrogen-bond acceptors (Lipinski definition) is 4. The van der Waals surface area contributed by atoms with Crippen molar-refractivity contribution in [3.05, 3.63) is 22.9 Å². The van der Waals surface area contributed by atoms with Crippen LogP contribution in [0.1, 0.15) is 6.42 Å². The molecule has 2 saturated heterocycles. The van der Waals surface area contributed by atoms with E-state index in [2.05, 4.69) is 32.9 Å². The molecule has 0 aromatic carbocycles. The predicted octanol–water partition coefficient (Wildman–Crippen LogP) is 0.921. The van der Waals surface area contributed by atoms with E-state index in [9.17, 15) is 8.42 Å². The molecule has 3 rings (SSSR count). The maximum atomic E-state index is 12.5. The Kier molecular flexibility index (Phi) is 2.97. The average Bonchev–Trinajstić information content (AvgIpc) is 2.88. The number of piperazine rings is 1. The summed E-state index contributed by atoms with van der Waals surface area (Å²) in [6, 6.07) is 2.09. The first kappa shape index (κ1) is 12.5. The van der Waals surface area contributed by atoms with Crippen molar-refractivity contribution in [2.45, 2.75) is 23.4 Å². The monoisotopic (exact) mass is 331 g/mol. The van der Waals surface area contributed by atoms with E-state index in [1.807, 2.05) is 0 Å². The minimum Gasteiger partial charge on any atom is -0.300 e. The number of halogens is 1. The lowest BCUT2D eigenvalue weighted by Gasteiger charge is -2.31. The first-order valence-corrected chi connectivity index (χ1v) is 8.04. The van der Waals surface area contributed by atoms with E-state index in [1.165, 1.54) is 6.20 Å². The standard InChI is InChI=1S/C11H14BrN3O2S/c1-14-6-10-3-9(14)7-15(10)18(16,17)11-2-8(12)4-13-5-11/h2,4-5,9-10H,3,6-7H2,1H3/t9-,10-/m0/s1. The zero-order chi connectivity index (χ0) is 12.9. The van der Waals surface area contributed by atoms with E-state index >= 15 is 0 Å². The van der Waals surface area contributed by atoms with Gasteiger partial charge in [-0.1, -0.05) is 0 Å². The third-order valence-electron chi connectivity index (χ3n) is 3.75. The van der Waals surface area contributed by atoms with Crippen molar-refractivity contribution in [2.75, 3.05) is 20.1 Å². The van der Waals surface area contributed by atoms with Crippen LogP contribution >= 0.6 is 15.9 Å². The van der Waals surface area contributed by atoms with Crippen LogP contribution in [-0.4, -0.2) is 54.8 Å². The highest BCUT2D eigenvalue weighted by Gasteiger charge is 2.47. The number of aromatic nitrogens is 1. The molecule has 2 aliphatic heterocycles. The van der Waals surface area contributed by atoms with Crippen LogP contribution in [0.25, 0.3) is 0 Å². The number of pyridine rings is 1. The van der Waals surface area contributed by atoms with Gasteiger partial charge in [-0.3, -0.25) is 4.98 Å². The van der Waals surface area contributed by atoms with Crippen molar-refractivity contribution < 1.29 is 8.42 Å². The molecular formula is C11H14BrN3O2S. The summed E-state index contributed by atoms with van der Waals surface area (Å²) in [6.07, 6.45) is 3.94. The van der Waals surface area contributed by atoms with E-state index < -0.39 is 10.0 Å².